The maximum Gasteiger partial charge on any atom is 0.310 e. The van der Waals surface area contributed by atoms with Crippen LogP contribution in [0.1, 0.15) is 38.2 Å². The molecule has 0 bridgehead atoms. The Hall–Kier alpha value is -1.55. The maximum atomic E-state index is 11.8. The van der Waals surface area contributed by atoms with E-state index < -0.39 is 0 Å². The van der Waals surface area contributed by atoms with Gasteiger partial charge in [-0.25, -0.2) is 0 Å². The number of ether oxygens (including phenoxy) is 2. The van der Waals surface area contributed by atoms with Gasteiger partial charge in [0.2, 0.25) is 0 Å². The van der Waals surface area contributed by atoms with Crippen LogP contribution in [0.2, 0.25) is 0 Å². The van der Waals surface area contributed by atoms with Crippen LogP contribution in [0.4, 0.5) is 0 Å². The van der Waals surface area contributed by atoms with Crippen LogP contribution in [-0.4, -0.2) is 43.7 Å². The smallest absolute Gasteiger partial charge is 0.310 e. The number of hydrogen-bond donors (Lipinski definition) is 0. The van der Waals surface area contributed by atoms with Gasteiger partial charge in [-0.2, -0.15) is 0 Å². The molecule has 0 N–H and O–H groups in total. The quantitative estimate of drug-likeness (QED) is 0.543. The van der Waals surface area contributed by atoms with Gasteiger partial charge < -0.3 is 14.4 Å². The van der Waals surface area contributed by atoms with E-state index in [4.69, 9.17) is 9.47 Å². The number of unbranched alkanes of at least 4 members (excludes halogenated alkanes) is 1. The molecule has 0 aliphatic carbocycles. The molecule has 0 saturated carbocycles. The van der Waals surface area contributed by atoms with Crippen molar-refractivity contribution < 1.29 is 14.3 Å². The van der Waals surface area contributed by atoms with Crippen LogP contribution < -0.4 is 4.74 Å². The van der Waals surface area contributed by atoms with Gasteiger partial charge in [0, 0.05) is 6.54 Å². The fraction of sp³-hybridized carbons (Fsp3) is 0.632. The average Bonchev–Trinajstić information content (AvgIpc) is 2.57. The second kappa shape index (κ2) is 9.56. The van der Waals surface area contributed by atoms with Crippen LogP contribution in [0, 0.1) is 12.8 Å². The number of aryl methyl sites for hydroxylation is 1. The molecule has 1 aliphatic rings. The zero-order chi connectivity index (χ0) is 16.5. The molecule has 1 atom stereocenters. The fourth-order valence-electron chi connectivity index (χ4n) is 2.97. The Bertz CT molecular complexity index is 472. The molecule has 0 radical (unpaired) electrons. The molecule has 1 aromatic carbocycles. The van der Waals surface area contributed by atoms with Gasteiger partial charge in [-0.15, -0.1) is 0 Å². The lowest BCUT2D eigenvalue weighted by Crippen LogP contribution is -2.39. The summed E-state index contributed by atoms with van der Waals surface area (Å²) in [5, 5.41) is 0. The van der Waals surface area contributed by atoms with E-state index in [2.05, 4.69) is 24.0 Å². The van der Waals surface area contributed by atoms with Crippen molar-refractivity contribution >= 4 is 5.97 Å². The van der Waals surface area contributed by atoms with Gasteiger partial charge in [0.25, 0.3) is 0 Å². The molecular formula is C19H29NO3. The molecule has 2 rings (SSSR count). The summed E-state index contributed by atoms with van der Waals surface area (Å²) in [6, 6.07) is 8.17. The summed E-state index contributed by atoms with van der Waals surface area (Å²) < 4.78 is 10.9. The van der Waals surface area contributed by atoms with Crippen LogP contribution in [0.3, 0.4) is 0 Å². The lowest BCUT2D eigenvalue weighted by Gasteiger charge is -2.31. The van der Waals surface area contributed by atoms with E-state index in [1.165, 1.54) is 5.56 Å². The summed E-state index contributed by atoms with van der Waals surface area (Å²) in [7, 11) is 0. The van der Waals surface area contributed by atoms with E-state index >= 15 is 0 Å². The summed E-state index contributed by atoms with van der Waals surface area (Å²) in [5.74, 6) is 0.975. The number of rotatable bonds is 8. The second-order valence-corrected chi connectivity index (χ2v) is 6.26. The molecule has 4 heteroatoms. The van der Waals surface area contributed by atoms with Crippen molar-refractivity contribution in [2.45, 2.75) is 39.5 Å². The van der Waals surface area contributed by atoms with Crippen molar-refractivity contribution in [1.29, 1.82) is 0 Å². The minimum absolute atomic E-state index is 0.0279. The van der Waals surface area contributed by atoms with Crippen LogP contribution in [-0.2, 0) is 9.53 Å². The minimum atomic E-state index is -0.0279. The SMILES string of the molecule is CCOC(=O)[C@@H]1CCCN(CCCCOc2ccc(C)cc2)C1. The Labute approximate surface area is 139 Å². The largest absolute Gasteiger partial charge is 0.494 e. The van der Waals surface area contributed by atoms with Gasteiger partial charge in [-0.3, -0.25) is 4.79 Å². The van der Waals surface area contributed by atoms with Crippen LogP contribution in [0.15, 0.2) is 24.3 Å². The van der Waals surface area contributed by atoms with Crippen molar-refractivity contribution in [1.82, 2.24) is 4.90 Å². The monoisotopic (exact) mass is 319 g/mol. The Morgan fingerprint density at radius 1 is 1.26 bits per heavy atom. The van der Waals surface area contributed by atoms with E-state index in [-0.39, 0.29) is 11.9 Å². The molecule has 1 aliphatic heterocycles. The Balaban J connectivity index is 1.60. The first-order valence-corrected chi connectivity index (χ1v) is 8.77. The lowest BCUT2D eigenvalue weighted by atomic mass is 9.98. The number of benzene rings is 1. The Kier molecular flexibility index (Phi) is 7.40. The highest BCUT2D eigenvalue weighted by molar-refractivity contribution is 5.72. The Morgan fingerprint density at radius 3 is 2.78 bits per heavy atom. The highest BCUT2D eigenvalue weighted by Crippen LogP contribution is 2.18. The van der Waals surface area contributed by atoms with Crippen LogP contribution in [0.25, 0.3) is 0 Å². The third kappa shape index (κ3) is 6.22. The first-order chi connectivity index (χ1) is 11.2. The summed E-state index contributed by atoms with van der Waals surface area (Å²) in [6.07, 6.45) is 4.19. The lowest BCUT2D eigenvalue weighted by molar-refractivity contribution is -0.149. The molecular weight excluding hydrogens is 290 g/mol. The molecule has 23 heavy (non-hydrogen) atoms. The number of esters is 1. The molecule has 0 unspecified atom stereocenters. The highest BCUT2D eigenvalue weighted by Gasteiger charge is 2.26. The van der Waals surface area contributed by atoms with E-state index in [9.17, 15) is 4.79 Å². The Morgan fingerprint density at radius 2 is 2.04 bits per heavy atom. The summed E-state index contributed by atoms with van der Waals surface area (Å²) in [5.41, 5.74) is 1.25. The molecule has 4 nitrogen and oxygen atoms in total. The normalized spacial score (nSPS) is 18.6. The number of likely N-dealkylation sites (tertiary alicyclic amines) is 1. The van der Waals surface area contributed by atoms with Gasteiger partial charge in [-0.1, -0.05) is 17.7 Å². The van der Waals surface area contributed by atoms with Crippen molar-refractivity contribution in [3.8, 4) is 5.75 Å². The molecule has 128 valence electrons. The highest BCUT2D eigenvalue weighted by atomic mass is 16.5. The van der Waals surface area contributed by atoms with Gasteiger partial charge >= 0.3 is 5.97 Å². The zero-order valence-corrected chi connectivity index (χ0v) is 14.4. The number of carbonyl (C=O) groups excluding carboxylic acids is 1. The third-order valence-electron chi connectivity index (χ3n) is 4.28. The summed E-state index contributed by atoms with van der Waals surface area (Å²) in [4.78, 5) is 14.2. The first kappa shape index (κ1) is 17.8. The fourth-order valence-corrected chi connectivity index (χ4v) is 2.97. The topological polar surface area (TPSA) is 38.8 Å². The molecule has 1 saturated heterocycles. The van der Waals surface area contributed by atoms with Crippen LogP contribution >= 0.6 is 0 Å². The standard InChI is InChI=1S/C19H29NO3/c1-3-22-19(21)17-7-6-13-20(15-17)12-4-5-14-23-18-10-8-16(2)9-11-18/h8-11,17H,3-7,12-15H2,1-2H3/t17-/m1/s1. The predicted molar refractivity (Wildman–Crippen MR) is 91.7 cm³/mol. The predicted octanol–water partition coefficient (Wildman–Crippen LogP) is 3.43. The first-order valence-electron chi connectivity index (χ1n) is 8.77. The van der Waals surface area contributed by atoms with Crippen molar-refractivity contribution in [2.24, 2.45) is 5.92 Å². The molecule has 0 amide bonds. The third-order valence-corrected chi connectivity index (χ3v) is 4.28. The zero-order valence-electron chi connectivity index (χ0n) is 14.4. The number of nitrogens with zero attached hydrogens (tertiary/aromatic N) is 1. The number of piperidine rings is 1. The second-order valence-electron chi connectivity index (χ2n) is 6.26. The molecule has 1 heterocycles. The molecule has 0 spiro atoms. The molecule has 0 aromatic heterocycles. The molecule has 1 aromatic rings. The number of hydrogen-bond acceptors (Lipinski definition) is 4. The van der Waals surface area contributed by atoms with Crippen molar-refractivity contribution in [2.75, 3.05) is 32.8 Å². The van der Waals surface area contributed by atoms with Crippen LogP contribution in [0.5, 0.6) is 5.75 Å². The number of carbonyl (C=O) groups is 1. The minimum Gasteiger partial charge on any atom is -0.494 e. The summed E-state index contributed by atoms with van der Waals surface area (Å²) >= 11 is 0. The maximum absolute atomic E-state index is 11.8. The summed E-state index contributed by atoms with van der Waals surface area (Å²) in [6.45, 7) is 8.14. The van der Waals surface area contributed by atoms with Gasteiger partial charge in [0.05, 0.1) is 19.1 Å². The van der Waals surface area contributed by atoms with Gasteiger partial charge in [-0.05, 0) is 64.8 Å². The van der Waals surface area contributed by atoms with E-state index in [1.54, 1.807) is 0 Å². The van der Waals surface area contributed by atoms with E-state index in [0.717, 1.165) is 57.7 Å². The average molecular weight is 319 g/mol. The molecule has 1 fully saturated rings. The van der Waals surface area contributed by atoms with Crippen molar-refractivity contribution in [3.05, 3.63) is 29.8 Å². The van der Waals surface area contributed by atoms with E-state index in [0.29, 0.717) is 6.61 Å². The van der Waals surface area contributed by atoms with Gasteiger partial charge in [0.1, 0.15) is 5.75 Å². The van der Waals surface area contributed by atoms with Gasteiger partial charge in [0.15, 0.2) is 0 Å². The van der Waals surface area contributed by atoms with E-state index in [1.807, 2.05) is 19.1 Å². The van der Waals surface area contributed by atoms with Crippen molar-refractivity contribution in [3.63, 3.8) is 0 Å².